The van der Waals surface area contributed by atoms with E-state index in [1.165, 1.54) is 12.5 Å². The van der Waals surface area contributed by atoms with Crippen LogP contribution in [0.2, 0.25) is 0 Å². The minimum absolute atomic E-state index is 0.572. The molecule has 10 heavy (non-hydrogen) atoms. The van der Waals surface area contributed by atoms with Crippen molar-refractivity contribution in [3.63, 3.8) is 0 Å². The molecule has 0 spiro atoms. The molecular weight excluding hydrogens is 130 g/mol. The van der Waals surface area contributed by atoms with Crippen molar-refractivity contribution in [2.24, 2.45) is 0 Å². The van der Waals surface area contributed by atoms with E-state index in [0.717, 1.165) is 10.1 Å². The lowest BCUT2D eigenvalue weighted by Crippen LogP contribution is -2.24. The molecule has 50 valence electrons. The topological polar surface area (TPSA) is 40.1 Å². The van der Waals surface area contributed by atoms with Crippen molar-refractivity contribution in [1.29, 1.82) is 0 Å². The maximum Gasteiger partial charge on any atom is 0.262 e. The van der Waals surface area contributed by atoms with E-state index >= 15 is 0 Å². The Morgan fingerprint density at radius 2 is 2.30 bits per heavy atom. The summed E-state index contributed by atoms with van der Waals surface area (Å²) < 4.78 is 5.60. The number of hydrogen-bond acceptors (Lipinski definition) is 2. The Morgan fingerprint density at radius 1 is 1.40 bits per heavy atom. The van der Waals surface area contributed by atoms with Crippen LogP contribution in [0.25, 0.3) is 10.9 Å². The lowest BCUT2D eigenvalue weighted by molar-refractivity contribution is -0.577. The average Bonchev–Trinajstić information content (AvgIpc) is 2.36. The molecular formula is C7H5NO2. The van der Waals surface area contributed by atoms with E-state index in [-0.39, 0.29) is 0 Å². The van der Waals surface area contributed by atoms with Gasteiger partial charge in [0.2, 0.25) is 0 Å². The fraction of sp³-hybridized carbons (Fsp3) is 0. The highest BCUT2D eigenvalue weighted by molar-refractivity contribution is 5.73. The number of pyridine rings is 1. The Hall–Kier alpha value is -1.51. The van der Waals surface area contributed by atoms with Crippen molar-refractivity contribution in [3.05, 3.63) is 36.1 Å². The van der Waals surface area contributed by atoms with Gasteiger partial charge in [0, 0.05) is 6.07 Å². The van der Waals surface area contributed by atoms with Gasteiger partial charge in [-0.15, -0.1) is 0 Å². The van der Waals surface area contributed by atoms with Gasteiger partial charge in [0.1, 0.15) is 6.26 Å². The lowest BCUT2D eigenvalue weighted by Gasteiger charge is -1.92. The zero-order valence-electron chi connectivity index (χ0n) is 5.15. The summed E-state index contributed by atoms with van der Waals surface area (Å²) in [4.78, 5) is 0. The number of furan rings is 1. The molecule has 2 rings (SSSR count). The summed E-state index contributed by atoms with van der Waals surface area (Å²) in [6.07, 6.45) is 4.42. The zero-order valence-corrected chi connectivity index (χ0v) is 5.15. The highest BCUT2D eigenvalue weighted by Crippen LogP contribution is 2.08. The maximum absolute atomic E-state index is 10.9. The molecule has 2 heterocycles. The van der Waals surface area contributed by atoms with Gasteiger partial charge in [-0.1, -0.05) is 0 Å². The molecule has 0 saturated carbocycles. The van der Waals surface area contributed by atoms with Gasteiger partial charge in [-0.3, -0.25) is 0 Å². The van der Waals surface area contributed by atoms with Gasteiger partial charge in [-0.2, -0.15) is 4.73 Å². The summed E-state index contributed by atoms with van der Waals surface area (Å²) in [5.41, 5.74) is 0.572. The summed E-state index contributed by atoms with van der Waals surface area (Å²) in [6, 6.07) is 3.51. The van der Waals surface area contributed by atoms with Crippen LogP contribution in [0.5, 0.6) is 0 Å². The molecule has 0 bridgehead atoms. The molecule has 0 fully saturated rings. The van der Waals surface area contributed by atoms with Crippen molar-refractivity contribution in [2.75, 3.05) is 0 Å². The number of fused-ring (bicyclic) bond motifs is 1. The van der Waals surface area contributed by atoms with Crippen LogP contribution in [0, 0.1) is 5.21 Å². The summed E-state index contributed by atoms with van der Waals surface area (Å²) >= 11 is 0. The summed E-state index contributed by atoms with van der Waals surface area (Å²) in [5, 5.41) is 11.7. The average molecular weight is 135 g/mol. The van der Waals surface area contributed by atoms with Crippen molar-refractivity contribution in [3.8, 4) is 0 Å². The van der Waals surface area contributed by atoms with Crippen LogP contribution in [-0.2, 0) is 0 Å². The van der Waals surface area contributed by atoms with E-state index in [1.807, 2.05) is 6.07 Å². The quantitative estimate of drug-likeness (QED) is 0.400. The molecule has 0 aliphatic rings. The molecule has 2 aromatic rings. The Kier molecular flexibility index (Phi) is 0.917. The van der Waals surface area contributed by atoms with E-state index in [2.05, 4.69) is 0 Å². The van der Waals surface area contributed by atoms with Crippen molar-refractivity contribution >= 4 is 10.9 Å². The van der Waals surface area contributed by atoms with Gasteiger partial charge in [-0.25, -0.2) is 0 Å². The minimum Gasteiger partial charge on any atom is -0.618 e. The van der Waals surface area contributed by atoms with Gasteiger partial charge < -0.3 is 9.62 Å². The second kappa shape index (κ2) is 1.73. The molecule has 0 radical (unpaired) electrons. The first-order valence-electron chi connectivity index (χ1n) is 2.92. The van der Waals surface area contributed by atoms with Crippen LogP contribution in [0.4, 0.5) is 0 Å². The normalized spacial score (nSPS) is 10.4. The second-order valence-corrected chi connectivity index (χ2v) is 2.05. The Balaban J connectivity index is 2.95. The molecule has 0 N–H and O–H groups in total. The first-order chi connectivity index (χ1) is 4.88. The fourth-order valence-corrected chi connectivity index (χ4v) is 0.909. The maximum atomic E-state index is 10.9. The van der Waals surface area contributed by atoms with E-state index in [1.54, 1.807) is 12.3 Å². The smallest absolute Gasteiger partial charge is 0.262 e. The Bertz CT molecular complexity index is 353. The Labute approximate surface area is 57.1 Å². The molecule has 0 atom stereocenters. The molecule has 3 heteroatoms. The van der Waals surface area contributed by atoms with E-state index in [0.29, 0.717) is 5.52 Å². The highest BCUT2D eigenvalue weighted by Gasteiger charge is 2.02. The molecule has 0 aromatic carbocycles. The summed E-state index contributed by atoms with van der Waals surface area (Å²) in [6.45, 7) is 0. The molecule has 0 unspecified atom stereocenters. The molecule has 0 amide bonds. The van der Waals surface area contributed by atoms with Crippen LogP contribution in [-0.4, -0.2) is 0 Å². The first-order valence-corrected chi connectivity index (χ1v) is 2.92. The van der Waals surface area contributed by atoms with Crippen LogP contribution in [0.1, 0.15) is 0 Å². The summed E-state index contributed by atoms with van der Waals surface area (Å²) in [5.74, 6) is 0. The van der Waals surface area contributed by atoms with E-state index < -0.39 is 0 Å². The largest absolute Gasteiger partial charge is 0.618 e. The second-order valence-electron chi connectivity index (χ2n) is 2.05. The number of aromatic nitrogens is 1. The number of nitrogens with zero attached hydrogens (tertiary/aromatic N) is 1. The highest BCUT2D eigenvalue weighted by atomic mass is 16.5. The van der Waals surface area contributed by atoms with Gasteiger partial charge in [0.15, 0.2) is 12.5 Å². The monoisotopic (exact) mass is 135 g/mol. The van der Waals surface area contributed by atoms with Gasteiger partial charge >= 0.3 is 0 Å². The van der Waals surface area contributed by atoms with Crippen LogP contribution in [0.15, 0.2) is 35.3 Å². The zero-order chi connectivity index (χ0) is 6.97. The SMILES string of the molecule is [O-][n+]1cccc2cocc21. The van der Waals surface area contributed by atoms with Crippen molar-refractivity contribution in [2.45, 2.75) is 0 Å². The van der Waals surface area contributed by atoms with Crippen LogP contribution < -0.4 is 4.73 Å². The van der Waals surface area contributed by atoms with E-state index in [4.69, 9.17) is 4.42 Å². The summed E-state index contributed by atoms with van der Waals surface area (Å²) in [7, 11) is 0. The first kappa shape index (κ1) is 5.29. The third-order valence-corrected chi connectivity index (χ3v) is 1.41. The minimum atomic E-state index is 0.572. The van der Waals surface area contributed by atoms with Gasteiger partial charge in [0.05, 0.1) is 5.39 Å². The molecule has 0 saturated heterocycles. The molecule has 0 aliphatic carbocycles. The Morgan fingerprint density at radius 3 is 3.10 bits per heavy atom. The number of hydrogen-bond donors (Lipinski definition) is 0. The lowest BCUT2D eigenvalue weighted by atomic mass is 10.3. The predicted octanol–water partition coefficient (Wildman–Crippen LogP) is 1.07. The predicted molar refractivity (Wildman–Crippen MR) is 35.2 cm³/mol. The van der Waals surface area contributed by atoms with Crippen LogP contribution in [0.3, 0.4) is 0 Å². The van der Waals surface area contributed by atoms with Crippen molar-refractivity contribution < 1.29 is 9.15 Å². The number of rotatable bonds is 0. The fourth-order valence-electron chi connectivity index (χ4n) is 0.909. The van der Waals surface area contributed by atoms with Crippen molar-refractivity contribution in [1.82, 2.24) is 0 Å². The third-order valence-electron chi connectivity index (χ3n) is 1.41. The van der Waals surface area contributed by atoms with Gasteiger partial charge in [-0.05, 0) is 6.07 Å². The standard InChI is InChI=1S/C7H5NO2/c9-8-3-1-2-6-4-10-5-7(6)8/h1-5H. The van der Waals surface area contributed by atoms with Crippen LogP contribution >= 0.6 is 0 Å². The van der Waals surface area contributed by atoms with Gasteiger partial charge in [0.25, 0.3) is 5.52 Å². The third kappa shape index (κ3) is 0.572. The molecule has 2 aromatic heterocycles. The molecule has 3 nitrogen and oxygen atoms in total. The molecule has 0 aliphatic heterocycles. The van der Waals surface area contributed by atoms with E-state index in [9.17, 15) is 5.21 Å².